The maximum absolute atomic E-state index is 13.0. The summed E-state index contributed by atoms with van der Waals surface area (Å²) in [5, 5.41) is 0. The lowest BCUT2D eigenvalue weighted by Gasteiger charge is -2.35. The van der Waals surface area contributed by atoms with Gasteiger partial charge in [0.1, 0.15) is 5.78 Å². The molecule has 0 aliphatic carbocycles. The third-order valence-electron chi connectivity index (χ3n) is 4.55. The summed E-state index contributed by atoms with van der Waals surface area (Å²) >= 11 is 0. The fourth-order valence-electron chi connectivity index (χ4n) is 3.48. The van der Waals surface area contributed by atoms with Gasteiger partial charge in [-0.1, -0.05) is 69.9 Å². The molecular weight excluding hydrogens is 288 g/mol. The summed E-state index contributed by atoms with van der Waals surface area (Å²) in [5.74, 6) is -0.826. The normalized spacial score (nSPS) is 18.0. The second kappa shape index (κ2) is 9.19. The summed E-state index contributed by atoms with van der Waals surface area (Å²) in [7, 11) is 0. The summed E-state index contributed by atoms with van der Waals surface area (Å²) in [6.45, 7) is 5.45. The molecule has 23 heavy (non-hydrogen) atoms. The van der Waals surface area contributed by atoms with Crippen molar-refractivity contribution in [2.24, 2.45) is 0 Å². The molecule has 1 aromatic rings. The minimum atomic E-state index is -0.766. The Kier molecular flexibility index (Phi) is 7.25. The van der Waals surface area contributed by atoms with Crippen molar-refractivity contribution in [2.75, 3.05) is 13.2 Å². The Bertz CT molecular complexity index is 463. The average Bonchev–Trinajstić information content (AvgIpc) is 3.02. The SMILES string of the molecule is CCCCCCC(=O)C(c1ccccc1)C1(CCC)OCCO1. The van der Waals surface area contributed by atoms with Crippen LogP contribution in [0.4, 0.5) is 0 Å². The van der Waals surface area contributed by atoms with Gasteiger partial charge in [-0.15, -0.1) is 0 Å². The molecule has 1 aliphatic rings. The first-order valence-corrected chi connectivity index (χ1v) is 9.09. The van der Waals surface area contributed by atoms with Crippen molar-refractivity contribution in [2.45, 2.75) is 70.5 Å². The number of rotatable bonds is 10. The second-order valence-electron chi connectivity index (χ2n) is 6.38. The Balaban J connectivity index is 2.19. The van der Waals surface area contributed by atoms with Gasteiger partial charge in [-0.3, -0.25) is 4.79 Å². The molecule has 0 spiro atoms. The predicted molar refractivity (Wildman–Crippen MR) is 92.5 cm³/mol. The minimum Gasteiger partial charge on any atom is -0.346 e. The summed E-state index contributed by atoms with van der Waals surface area (Å²) in [6, 6.07) is 10.0. The number of unbranched alkanes of at least 4 members (excludes halogenated alkanes) is 3. The zero-order valence-corrected chi connectivity index (χ0v) is 14.6. The largest absolute Gasteiger partial charge is 0.346 e. The second-order valence-corrected chi connectivity index (χ2v) is 6.38. The summed E-state index contributed by atoms with van der Waals surface area (Å²) < 4.78 is 12.0. The highest BCUT2D eigenvalue weighted by Gasteiger charge is 2.47. The van der Waals surface area contributed by atoms with E-state index >= 15 is 0 Å². The Morgan fingerprint density at radius 3 is 2.35 bits per heavy atom. The van der Waals surface area contributed by atoms with Crippen LogP contribution in [0.5, 0.6) is 0 Å². The van der Waals surface area contributed by atoms with E-state index < -0.39 is 5.79 Å². The van der Waals surface area contributed by atoms with Crippen LogP contribution >= 0.6 is 0 Å². The molecule has 3 heteroatoms. The fourth-order valence-corrected chi connectivity index (χ4v) is 3.48. The van der Waals surface area contributed by atoms with Crippen LogP contribution in [0.15, 0.2) is 30.3 Å². The van der Waals surface area contributed by atoms with Gasteiger partial charge in [0, 0.05) is 12.8 Å². The van der Waals surface area contributed by atoms with E-state index in [1.807, 2.05) is 30.3 Å². The van der Waals surface area contributed by atoms with E-state index in [4.69, 9.17) is 9.47 Å². The molecule has 1 saturated heterocycles. The van der Waals surface area contributed by atoms with Gasteiger partial charge in [-0.05, 0) is 12.0 Å². The van der Waals surface area contributed by atoms with Gasteiger partial charge >= 0.3 is 0 Å². The predicted octanol–water partition coefficient (Wildman–Crippen LogP) is 4.85. The van der Waals surface area contributed by atoms with E-state index in [1.54, 1.807) is 0 Å². The van der Waals surface area contributed by atoms with Gasteiger partial charge in [-0.2, -0.15) is 0 Å². The molecule has 3 nitrogen and oxygen atoms in total. The van der Waals surface area contributed by atoms with E-state index in [0.29, 0.717) is 19.6 Å². The van der Waals surface area contributed by atoms with Crippen LogP contribution in [0.3, 0.4) is 0 Å². The van der Waals surface area contributed by atoms with Crippen LogP contribution in [0, 0.1) is 0 Å². The first-order valence-electron chi connectivity index (χ1n) is 9.09. The molecule has 0 N–H and O–H groups in total. The molecule has 1 atom stereocenters. The van der Waals surface area contributed by atoms with Crippen molar-refractivity contribution in [3.8, 4) is 0 Å². The molecule has 2 rings (SSSR count). The van der Waals surface area contributed by atoms with Gasteiger partial charge in [0.05, 0.1) is 19.1 Å². The average molecular weight is 318 g/mol. The smallest absolute Gasteiger partial charge is 0.182 e. The number of ketones is 1. The summed E-state index contributed by atoms with van der Waals surface area (Å²) in [6.07, 6.45) is 6.75. The summed E-state index contributed by atoms with van der Waals surface area (Å²) in [5.41, 5.74) is 1.02. The number of benzene rings is 1. The van der Waals surface area contributed by atoms with Gasteiger partial charge < -0.3 is 9.47 Å². The first-order chi connectivity index (χ1) is 11.2. The van der Waals surface area contributed by atoms with Crippen LogP contribution in [-0.2, 0) is 14.3 Å². The lowest BCUT2D eigenvalue weighted by atomic mass is 9.82. The number of hydrogen-bond acceptors (Lipinski definition) is 3. The molecule has 0 saturated carbocycles. The zero-order chi connectivity index (χ0) is 16.5. The van der Waals surface area contributed by atoms with Crippen molar-refractivity contribution in [3.63, 3.8) is 0 Å². The van der Waals surface area contributed by atoms with E-state index in [2.05, 4.69) is 13.8 Å². The Morgan fingerprint density at radius 1 is 1.04 bits per heavy atom. The highest BCUT2D eigenvalue weighted by molar-refractivity contribution is 5.87. The monoisotopic (exact) mass is 318 g/mol. The van der Waals surface area contributed by atoms with Crippen LogP contribution < -0.4 is 0 Å². The molecule has 0 amide bonds. The molecule has 0 radical (unpaired) electrons. The van der Waals surface area contributed by atoms with Crippen LogP contribution in [-0.4, -0.2) is 24.8 Å². The topological polar surface area (TPSA) is 35.5 Å². The number of hydrogen-bond donors (Lipinski definition) is 0. The molecule has 1 aromatic carbocycles. The lowest BCUT2D eigenvalue weighted by Crippen LogP contribution is -2.41. The number of carbonyl (C=O) groups is 1. The molecule has 0 bridgehead atoms. The molecule has 1 aliphatic heterocycles. The van der Waals surface area contributed by atoms with E-state index in [0.717, 1.165) is 31.2 Å². The van der Waals surface area contributed by atoms with Crippen molar-refractivity contribution in [1.29, 1.82) is 0 Å². The quantitative estimate of drug-likeness (QED) is 0.578. The van der Waals surface area contributed by atoms with Crippen LogP contribution in [0.1, 0.15) is 70.3 Å². The fraction of sp³-hybridized carbons (Fsp3) is 0.650. The van der Waals surface area contributed by atoms with Crippen molar-refractivity contribution in [3.05, 3.63) is 35.9 Å². The number of Topliss-reactive ketones (excluding diaryl/α,β-unsaturated/α-hetero) is 1. The Labute approximate surface area is 140 Å². The maximum Gasteiger partial charge on any atom is 0.182 e. The first kappa shape index (κ1) is 18.2. The van der Waals surface area contributed by atoms with Gasteiger partial charge in [0.25, 0.3) is 0 Å². The molecule has 0 aromatic heterocycles. The molecule has 1 heterocycles. The highest BCUT2D eigenvalue weighted by Crippen LogP contribution is 2.41. The van der Waals surface area contributed by atoms with E-state index in [-0.39, 0.29) is 11.7 Å². The van der Waals surface area contributed by atoms with E-state index in [9.17, 15) is 4.79 Å². The van der Waals surface area contributed by atoms with Gasteiger partial charge in [0.15, 0.2) is 5.79 Å². The highest BCUT2D eigenvalue weighted by atomic mass is 16.7. The van der Waals surface area contributed by atoms with Gasteiger partial charge in [-0.25, -0.2) is 0 Å². The third kappa shape index (κ3) is 4.65. The minimum absolute atomic E-state index is 0.252. The molecular formula is C20H30O3. The van der Waals surface area contributed by atoms with E-state index in [1.165, 1.54) is 12.8 Å². The molecule has 1 unspecified atom stereocenters. The maximum atomic E-state index is 13.0. The van der Waals surface area contributed by atoms with Gasteiger partial charge in [0.2, 0.25) is 0 Å². The molecule has 1 fully saturated rings. The standard InChI is InChI=1S/C20H30O3/c1-3-5-6-10-13-18(21)19(17-11-8-7-9-12-17)20(14-4-2)22-15-16-23-20/h7-9,11-12,19H,3-6,10,13-16H2,1-2H3. The number of carbonyl (C=O) groups excluding carboxylic acids is 1. The Morgan fingerprint density at radius 2 is 1.74 bits per heavy atom. The van der Waals surface area contributed by atoms with Crippen molar-refractivity contribution in [1.82, 2.24) is 0 Å². The van der Waals surface area contributed by atoms with Crippen LogP contribution in [0.2, 0.25) is 0 Å². The zero-order valence-electron chi connectivity index (χ0n) is 14.6. The van der Waals surface area contributed by atoms with Crippen LogP contribution in [0.25, 0.3) is 0 Å². The van der Waals surface area contributed by atoms with Crippen molar-refractivity contribution >= 4 is 5.78 Å². The molecule has 128 valence electrons. The third-order valence-corrected chi connectivity index (χ3v) is 4.55. The Hall–Kier alpha value is -1.19. The number of ether oxygens (including phenoxy) is 2. The van der Waals surface area contributed by atoms with Crippen molar-refractivity contribution < 1.29 is 14.3 Å². The lowest BCUT2D eigenvalue weighted by molar-refractivity contribution is -0.184. The summed E-state index contributed by atoms with van der Waals surface area (Å²) in [4.78, 5) is 13.0.